The van der Waals surface area contributed by atoms with E-state index >= 15 is 0 Å². The second-order valence-corrected chi connectivity index (χ2v) is 6.50. The van der Waals surface area contributed by atoms with Gasteiger partial charge in [0.05, 0.1) is 11.4 Å². The first-order chi connectivity index (χ1) is 14.4. The molecular formula is C21H19F2N5O2. The van der Waals surface area contributed by atoms with E-state index in [4.69, 9.17) is 0 Å². The number of rotatable bonds is 6. The van der Waals surface area contributed by atoms with Crippen molar-refractivity contribution < 1.29 is 18.4 Å². The summed E-state index contributed by atoms with van der Waals surface area (Å²) in [6.45, 7) is 1.64. The number of carbonyl (C=O) groups excluding carboxylic acids is 2. The molecule has 3 aromatic rings. The Morgan fingerprint density at radius 1 is 0.900 bits per heavy atom. The SMILES string of the molecule is CC(=O)Nc1cc(NC(=O)N(Cc2ccncc2)Cc2cccnc2)c(F)cc1F. The Kier molecular flexibility index (Phi) is 6.63. The average molecular weight is 411 g/mol. The molecule has 2 heterocycles. The number of carbonyl (C=O) groups is 2. The zero-order valence-electron chi connectivity index (χ0n) is 16.1. The van der Waals surface area contributed by atoms with Gasteiger partial charge in [-0.05, 0) is 35.4 Å². The number of nitrogens with zero attached hydrogens (tertiary/aromatic N) is 3. The molecule has 0 bridgehead atoms. The van der Waals surface area contributed by atoms with Crippen LogP contribution in [0.1, 0.15) is 18.1 Å². The summed E-state index contributed by atoms with van der Waals surface area (Å²) in [4.78, 5) is 33.6. The van der Waals surface area contributed by atoms with Crippen LogP contribution in [0, 0.1) is 11.6 Å². The lowest BCUT2D eigenvalue weighted by molar-refractivity contribution is -0.114. The Labute approximate surface area is 171 Å². The summed E-state index contributed by atoms with van der Waals surface area (Å²) in [6.07, 6.45) is 6.46. The Hall–Kier alpha value is -3.88. The Morgan fingerprint density at radius 3 is 2.20 bits per heavy atom. The largest absolute Gasteiger partial charge is 0.324 e. The molecule has 0 aliphatic carbocycles. The number of amides is 3. The number of hydrogen-bond donors (Lipinski definition) is 2. The molecule has 7 nitrogen and oxygen atoms in total. The molecule has 2 N–H and O–H groups in total. The molecule has 1 aromatic carbocycles. The highest BCUT2D eigenvalue weighted by Crippen LogP contribution is 2.24. The molecule has 0 saturated heterocycles. The van der Waals surface area contributed by atoms with Crippen molar-refractivity contribution in [3.63, 3.8) is 0 Å². The van der Waals surface area contributed by atoms with Crippen molar-refractivity contribution in [2.45, 2.75) is 20.0 Å². The molecule has 9 heteroatoms. The maximum Gasteiger partial charge on any atom is 0.322 e. The number of benzene rings is 1. The molecular weight excluding hydrogens is 392 g/mol. The van der Waals surface area contributed by atoms with Gasteiger partial charge in [-0.2, -0.15) is 0 Å². The Bertz CT molecular complexity index is 991. The van der Waals surface area contributed by atoms with E-state index in [1.165, 1.54) is 11.8 Å². The maximum atomic E-state index is 14.2. The predicted octanol–water partition coefficient (Wildman–Crippen LogP) is 3.95. The molecule has 30 heavy (non-hydrogen) atoms. The van der Waals surface area contributed by atoms with E-state index in [1.807, 2.05) is 6.07 Å². The van der Waals surface area contributed by atoms with Gasteiger partial charge in [0.1, 0.15) is 11.6 Å². The third kappa shape index (κ3) is 5.57. The van der Waals surface area contributed by atoms with Crippen molar-refractivity contribution in [1.29, 1.82) is 0 Å². The quantitative estimate of drug-likeness (QED) is 0.643. The van der Waals surface area contributed by atoms with Gasteiger partial charge in [-0.3, -0.25) is 14.8 Å². The third-order valence-corrected chi connectivity index (χ3v) is 4.12. The lowest BCUT2D eigenvalue weighted by atomic mass is 10.2. The third-order valence-electron chi connectivity index (χ3n) is 4.12. The van der Waals surface area contributed by atoms with Crippen molar-refractivity contribution in [1.82, 2.24) is 14.9 Å². The topological polar surface area (TPSA) is 87.2 Å². The molecule has 0 atom stereocenters. The summed E-state index contributed by atoms with van der Waals surface area (Å²) in [7, 11) is 0. The molecule has 0 spiro atoms. The van der Waals surface area contributed by atoms with Gasteiger partial charge in [0.15, 0.2) is 0 Å². The molecule has 2 aromatic heterocycles. The lowest BCUT2D eigenvalue weighted by Crippen LogP contribution is -2.34. The first-order valence-electron chi connectivity index (χ1n) is 9.02. The summed E-state index contributed by atoms with van der Waals surface area (Å²) in [5.41, 5.74) is 1.12. The maximum absolute atomic E-state index is 14.2. The van der Waals surface area contributed by atoms with Crippen molar-refractivity contribution in [2.75, 3.05) is 10.6 Å². The molecule has 0 fully saturated rings. The van der Waals surface area contributed by atoms with E-state index in [-0.39, 0.29) is 24.5 Å². The van der Waals surface area contributed by atoms with Crippen LogP contribution in [0.5, 0.6) is 0 Å². The van der Waals surface area contributed by atoms with Crippen LogP contribution in [-0.4, -0.2) is 26.8 Å². The van der Waals surface area contributed by atoms with Gasteiger partial charge in [0, 0.05) is 50.9 Å². The van der Waals surface area contributed by atoms with Crippen LogP contribution in [-0.2, 0) is 17.9 Å². The normalized spacial score (nSPS) is 10.4. The second-order valence-electron chi connectivity index (χ2n) is 6.50. The summed E-state index contributed by atoms with van der Waals surface area (Å²) in [6, 6.07) is 8.13. The minimum Gasteiger partial charge on any atom is -0.324 e. The number of halogens is 2. The van der Waals surface area contributed by atoms with E-state index in [1.54, 1.807) is 43.0 Å². The number of pyridine rings is 2. The first-order valence-corrected chi connectivity index (χ1v) is 9.02. The van der Waals surface area contributed by atoms with Gasteiger partial charge in [0.25, 0.3) is 0 Å². The molecule has 0 aliphatic rings. The Morgan fingerprint density at radius 2 is 1.57 bits per heavy atom. The number of urea groups is 1. The first kappa shape index (κ1) is 20.8. The predicted molar refractivity (Wildman–Crippen MR) is 107 cm³/mol. The van der Waals surface area contributed by atoms with Crippen molar-refractivity contribution >= 4 is 23.3 Å². The highest BCUT2D eigenvalue weighted by atomic mass is 19.1. The minimum absolute atomic E-state index is 0.212. The van der Waals surface area contributed by atoms with Gasteiger partial charge < -0.3 is 15.5 Å². The van der Waals surface area contributed by atoms with Gasteiger partial charge in [-0.15, -0.1) is 0 Å². The monoisotopic (exact) mass is 411 g/mol. The second kappa shape index (κ2) is 9.55. The smallest absolute Gasteiger partial charge is 0.322 e. The van der Waals surface area contributed by atoms with Crippen molar-refractivity contribution in [3.8, 4) is 0 Å². The van der Waals surface area contributed by atoms with Crippen LogP contribution in [0.4, 0.5) is 25.0 Å². The van der Waals surface area contributed by atoms with E-state index in [2.05, 4.69) is 20.6 Å². The number of anilines is 2. The lowest BCUT2D eigenvalue weighted by Gasteiger charge is -2.23. The van der Waals surface area contributed by atoms with Crippen molar-refractivity contribution in [3.05, 3.63) is 83.9 Å². The van der Waals surface area contributed by atoms with Gasteiger partial charge in [-0.25, -0.2) is 13.6 Å². The minimum atomic E-state index is -0.958. The van der Waals surface area contributed by atoms with Crippen LogP contribution >= 0.6 is 0 Å². The Balaban J connectivity index is 1.84. The molecule has 0 aliphatic heterocycles. The van der Waals surface area contributed by atoms with E-state index in [0.29, 0.717) is 6.07 Å². The zero-order valence-corrected chi connectivity index (χ0v) is 16.1. The average Bonchev–Trinajstić information content (AvgIpc) is 2.72. The highest BCUT2D eigenvalue weighted by Gasteiger charge is 2.18. The van der Waals surface area contributed by atoms with E-state index < -0.39 is 23.6 Å². The van der Waals surface area contributed by atoms with Crippen LogP contribution in [0.25, 0.3) is 0 Å². The summed E-state index contributed by atoms with van der Waals surface area (Å²) >= 11 is 0. The molecule has 0 saturated carbocycles. The fourth-order valence-electron chi connectivity index (χ4n) is 2.74. The molecule has 0 radical (unpaired) electrons. The fraction of sp³-hybridized carbons (Fsp3) is 0.143. The summed E-state index contributed by atoms with van der Waals surface area (Å²) in [5.74, 6) is -2.42. The summed E-state index contributed by atoms with van der Waals surface area (Å²) in [5, 5.41) is 4.71. The zero-order chi connectivity index (χ0) is 21.5. The highest BCUT2D eigenvalue weighted by molar-refractivity contribution is 5.92. The number of aromatic nitrogens is 2. The molecule has 3 amide bonds. The van der Waals surface area contributed by atoms with Crippen molar-refractivity contribution in [2.24, 2.45) is 0 Å². The molecule has 0 unspecified atom stereocenters. The summed E-state index contributed by atoms with van der Waals surface area (Å²) < 4.78 is 28.1. The van der Waals surface area contributed by atoms with Crippen LogP contribution in [0.15, 0.2) is 61.2 Å². The van der Waals surface area contributed by atoms with Gasteiger partial charge >= 0.3 is 6.03 Å². The van der Waals surface area contributed by atoms with E-state index in [9.17, 15) is 18.4 Å². The van der Waals surface area contributed by atoms with Crippen LogP contribution in [0.3, 0.4) is 0 Å². The van der Waals surface area contributed by atoms with Gasteiger partial charge in [0.2, 0.25) is 5.91 Å². The van der Waals surface area contributed by atoms with Crippen LogP contribution in [0.2, 0.25) is 0 Å². The van der Waals surface area contributed by atoms with Crippen LogP contribution < -0.4 is 10.6 Å². The fourth-order valence-corrected chi connectivity index (χ4v) is 2.74. The number of hydrogen-bond acceptors (Lipinski definition) is 4. The standard InChI is InChI=1S/C21H19F2N5O2/c1-14(29)26-19-10-20(18(23)9-17(19)22)27-21(30)28(12-15-4-7-24-8-5-15)13-16-3-2-6-25-11-16/h2-11H,12-13H2,1H3,(H,26,29)(H,27,30). The molecule has 154 valence electrons. The van der Waals surface area contributed by atoms with Gasteiger partial charge in [-0.1, -0.05) is 6.07 Å². The molecule has 3 rings (SSSR count). The number of nitrogens with one attached hydrogen (secondary N) is 2. The van der Waals surface area contributed by atoms with E-state index in [0.717, 1.165) is 17.2 Å².